The second kappa shape index (κ2) is 8.09. The lowest BCUT2D eigenvalue weighted by Crippen LogP contribution is -2.39. The molecule has 1 atom stereocenters. The maximum atomic E-state index is 12.9. The molecule has 1 fully saturated rings. The van der Waals surface area contributed by atoms with E-state index < -0.39 is 0 Å². The second-order valence-corrected chi connectivity index (χ2v) is 8.05. The van der Waals surface area contributed by atoms with Gasteiger partial charge in [-0.3, -0.25) is 4.79 Å². The van der Waals surface area contributed by atoms with Gasteiger partial charge in [-0.15, -0.1) is 11.3 Å². The molecule has 3 aromatic rings. The van der Waals surface area contributed by atoms with Crippen LogP contribution in [0, 0.1) is 0 Å². The van der Waals surface area contributed by atoms with Gasteiger partial charge in [0.15, 0.2) is 0 Å². The summed E-state index contributed by atoms with van der Waals surface area (Å²) in [6.45, 7) is 4.33. The number of aromatic nitrogens is 1. The molecule has 1 saturated heterocycles. The molecule has 0 radical (unpaired) electrons. The highest BCUT2D eigenvalue weighted by atomic mass is 32.1. The lowest BCUT2D eigenvalue weighted by Gasteiger charge is -2.32. The number of rotatable bonds is 5. The molecule has 0 bridgehead atoms. The van der Waals surface area contributed by atoms with E-state index in [1.807, 2.05) is 35.2 Å². The van der Waals surface area contributed by atoms with Gasteiger partial charge in [0, 0.05) is 24.6 Å². The third-order valence-corrected chi connectivity index (χ3v) is 6.14. The van der Waals surface area contributed by atoms with Crippen LogP contribution in [0.4, 0.5) is 0 Å². The molecule has 27 heavy (non-hydrogen) atoms. The summed E-state index contributed by atoms with van der Waals surface area (Å²) in [4.78, 5) is 19.7. The smallest absolute Gasteiger partial charge is 0.253 e. The van der Waals surface area contributed by atoms with Crippen molar-refractivity contribution < 1.29 is 9.53 Å². The lowest BCUT2D eigenvalue weighted by molar-refractivity contribution is 0.0707. The quantitative estimate of drug-likeness (QED) is 0.618. The maximum Gasteiger partial charge on any atom is 0.253 e. The Kier molecular flexibility index (Phi) is 5.39. The molecule has 1 aromatic heterocycles. The number of piperidine rings is 1. The summed E-state index contributed by atoms with van der Waals surface area (Å²) in [5.41, 5.74) is 1.78. The van der Waals surface area contributed by atoms with E-state index in [4.69, 9.17) is 9.72 Å². The predicted molar refractivity (Wildman–Crippen MR) is 110 cm³/mol. The Morgan fingerprint density at radius 3 is 2.81 bits per heavy atom. The molecule has 5 heteroatoms. The highest BCUT2D eigenvalue weighted by Gasteiger charge is 2.27. The van der Waals surface area contributed by atoms with Crippen molar-refractivity contribution in [2.45, 2.75) is 32.1 Å². The molecule has 140 valence electrons. The number of carbonyl (C=O) groups is 1. The first-order valence-electron chi connectivity index (χ1n) is 9.62. The second-order valence-electron chi connectivity index (χ2n) is 6.98. The van der Waals surface area contributed by atoms with Crippen molar-refractivity contribution in [3.8, 4) is 5.75 Å². The molecule has 1 aliphatic rings. The summed E-state index contributed by atoms with van der Waals surface area (Å²) in [5, 5.41) is 1.15. The Hall–Kier alpha value is -2.40. The van der Waals surface area contributed by atoms with E-state index in [-0.39, 0.29) is 5.91 Å². The molecule has 0 unspecified atom stereocenters. The summed E-state index contributed by atoms with van der Waals surface area (Å²) >= 11 is 1.76. The number of nitrogens with zero attached hydrogens (tertiary/aromatic N) is 2. The largest absolute Gasteiger partial charge is 0.494 e. The average Bonchev–Trinajstić information content (AvgIpc) is 3.16. The first-order valence-corrected chi connectivity index (χ1v) is 10.4. The van der Waals surface area contributed by atoms with Crippen LogP contribution in [-0.4, -0.2) is 35.5 Å². The minimum Gasteiger partial charge on any atom is -0.494 e. The maximum absolute atomic E-state index is 12.9. The molecule has 0 N–H and O–H groups in total. The first kappa shape index (κ1) is 18.0. The Labute approximate surface area is 163 Å². The van der Waals surface area contributed by atoms with Gasteiger partial charge in [-0.1, -0.05) is 19.1 Å². The number of carbonyl (C=O) groups excluding carboxylic acids is 1. The van der Waals surface area contributed by atoms with Gasteiger partial charge in [-0.05, 0) is 55.7 Å². The van der Waals surface area contributed by atoms with E-state index in [1.165, 1.54) is 4.70 Å². The van der Waals surface area contributed by atoms with Crippen molar-refractivity contribution in [3.05, 3.63) is 59.1 Å². The first-order chi connectivity index (χ1) is 13.2. The number of hydrogen-bond acceptors (Lipinski definition) is 4. The lowest BCUT2D eigenvalue weighted by atomic mass is 9.98. The van der Waals surface area contributed by atoms with Crippen LogP contribution >= 0.6 is 11.3 Å². The van der Waals surface area contributed by atoms with Crippen LogP contribution in [0.15, 0.2) is 48.5 Å². The highest BCUT2D eigenvalue weighted by molar-refractivity contribution is 7.18. The summed E-state index contributed by atoms with van der Waals surface area (Å²) < 4.78 is 6.83. The van der Waals surface area contributed by atoms with Crippen molar-refractivity contribution in [2.24, 2.45) is 0 Å². The zero-order chi connectivity index (χ0) is 18.6. The minimum atomic E-state index is 0.0999. The predicted octanol–water partition coefficient (Wildman–Crippen LogP) is 5.10. The van der Waals surface area contributed by atoms with Gasteiger partial charge in [0.2, 0.25) is 0 Å². The number of ether oxygens (including phenoxy) is 1. The van der Waals surface area contributed by atoms with E-state index in [9.17, 15) is 4.79 Å². The Balaban J connectivity index is 1.46. The molecule has 1 aliphatic heterocycles. The zero-order valence-corrected chi connectivity index (χ0v) is 16.4. The third-order valence-electron chi connectivity index (χ3n) is 4.94. The van der Waals surface area contributed by atoms with Crippen LogP contribution in [0.1, 0.15) is 47.5 Å². The highest BCUT2D eigenvalue weighted by Crippen LogP contribution is 2.33. The van der Waals surface area contributed by atoms with Gasteiger partial charge in [0.25, 0.3) is 5.91 Å². The normalized spacial score (nSPS) is 17.2. The fourth-order valence-electron chi connectivity index (χ4n) is 3.52. The molecule has 0 aliphatic carbocycles. The van der Waals surface area contributed by atoms with Gasteiger partial charge in [0.05, 0.1) is 21.8 Å². The van der Waals surface area contributed by atoms with Gasteiger partial charge in [0.1, 0.15) is 5.75 Å². The molecule has 2 aromatic carbocycles. The average molecular weight is 381 g/mol. The number of hydrogen-bond donors (Lipinski definition) is 0. The van der Waals surface area contributed by atoms with Crippen molar-refractivity contribution in [3.63, 3.8) is 0 Å². The van der Waals surface area contributed by atoms with Gasteiger partial charge in [-0.25, -0.2) is 4.98 Å². The molecule has 2 heterocycles. The summed E-state index contributed by atoms with van der Waals surface area (Å²) in [6, 6.07) is 15.8. The van der Waals surface area contributed by atoms with E-state index in [1.54, 1.807) is 11.3 Å². The molecular weight excluding hydrogens is 356 g/mol. The van der Waals surface area contributed by atoms with E-state index in [0.29, 0.717) is 12.5 Å². The van der Waals surface area contributed by atoms with Crippen LogP contribution in [0.25, 0.3) is 10.2 Å². The molecule has 1 amide bonds. The third kappa shape index (κ3) is 3.98. The van der Waals surface area contributed by atoms with Crippen LogP contribution in [0.2, 0.25) is 0 Å². The molecule has 4 nitrogen and oxygen atoms in total. The van der Waals surface area contributed by atoms with Crippen LogP contribution in [0.5, 0.6) is 5.75 Å². The monoisotopic (exact) mass is 380 g/mol. The van der Waals surface area contributed by atoms with Gasteiger partial charge >= 0.3 is 0 Å². The van der Waals surface area contributed by atoms with Crippen LogP contribution < -0.4 is 4.74 Å². The minimum absolute atomic E-state index is 0.0999. The van der Waals surface area contributed by atoms with Crippen molar-refractivity contribution in [2.75, 3.05) is 19.7 Å². The standard InChI is InChI=1S/C22H24N2O2S/c1-2-14-26-18-11-9-16(10-12-18)22(25)24-13-5-6-17(15-24)21-23-19-7-3-4-8-20(19)27-21/h3-4,7-12,17H,2,5-6,13-15H2,1H3/t17-/m1/s1. The Morgan fingerprint density at radius 1 is 1.22 bits per heavy atom. The van der Waals surface area contributed by atoms with Crippen molar-refractivity contribution in [1.29, 1.82) is 0 Å². The van der Waals surface area contributed by atoms with Gasteiger partial charge < -0.3 is 9.64 Å². The van der Waals surface area contributed by atoms with Crippen LogP contribution in [-0.2, 0) is 0 Å². The summed E-state index contributed by atoms with van der Waals surface area (Å²) in [7, 11) is 0. The molecule has 0 saturated carbocycles. The van der Waals surface area contributed by atoms with E-state index in [2.05, 4.69) is 25.1 Å². The fourth-order valence-corrected chi connectivity index (χ4v) is 4.62. The van der Waals surface area contributed by atoms with Crippen molar-refractivity contribution in [1.82, 2.24) is 9.88 Å². The summed E-state index contributed by atoms with van der Waals surface area (Å²) in [6.07, 6.45) is 3.08. The SMILES string of the molecule is CCCOc1ccc(C(=O)N2CCC[C@@H](c3nc4ccccc4s3)C2)cc1. The van der Waals surface area contributed by atoms with E-state index >= 15 is 0 Å². The molecule has 0 spiro atoms. The number of thiazole rings is 1. The van der Waals surface area contributed by atoms with E-state index in [0.717, 1.165) is 54.2 Å². The summed E-state index contributed by atoms with van der Waals surface area (Å²) in [5.74, 6) is 1.24. The number of amides is 1. The zero-order valence-electron chi connectivity index (χ0n) is 15.6. The fraction of sp³-hybridized carbons (Fsp3) is 0.364. The van der Waals surface area contributed by atoms with Crippen molar-refractivity contribution >= 4 is 27.5 Å². The number of para-hydroxylation sites is 1. The number of benzene rings is 2. The Morgan fingerprint density at radius 2 is 2.04 bits per heavy atom. The molecule has 4 rings (SSSR count). The number of likely N-dealkylation sites (tertiary alicyclic amines) is 1. The van der Waals surface area contributed by atoms with Gasteiger partial charge in [-0.2, -0.15) is 0 Å². The molecular formula is C22H24N2O2S. The number of fused-ring (bicyclic) bond motifs is 1. The topological polar surface area (TPSA) is 42.4 Å². The Bertz CT molecular complexity index is 886. The van der Waals surface area contributed by atoms with Crippen LogP contribution in [0.3, 0.4) is 0 Å².